The molecule has 0 aliphatic carbocycles. The minimum absolute atomic E-state index is 0.00209. The summed E-state index contributed by atoms with van der Waals surface area (Å²) in [5.74, 6) is -0.530. The van der Waals surface area contributed by atoms with Gasteiger partial charge >= 0.3 is 12.1 Å². The predicted octanol–water partition coefficient (Wildman–Crippen LogP) is 5.31. The topological polar surface area (TPSA) is 72.9 Å². The SMILES string of the molecule is CC(=O)Oc1cc(CC(C(=O)N2C(=O)OCC2Cc2ccccc2)C(C)C)ccc1C(C)(C)C. The number of hydrogen-bond donors (Lipinski definition) is 0. The molecule has 0 saturated carbocycles. The molecule has 1 aliphatic heterocycles. The van der Waals surface area contributed by atoms with Crippen LogP contribution in [0.2, 0.25) is 0 Å². The standard InChI is InChI=1S/C28H35NO5/c1-18(2)23(15-21-12-13-24(28(4,5)6)25(16-21)34-19(3)30)26(31)29-22(17-33-27(29)32)14-20-10-8-7-9-11-20/h7-13,16,18,22-23H,14-15,17H2,1-6H3. The number of esters is 1. The number of ether oxygens (including phenoxy) is 2. The van der Waals surface area contributed by atoms with Gasteiger partial charge in [0.25, 0.3) is 0 Å². The number of benzene rings is 2. The fourth-order valence-electron chi connectivity index (χ4n) is 4.36. The van der Waals surface area contributed by atoms with E-state index in [1.54, 1.807) is 0 Å². The molecule has 3 rings (SSSR count). The van der Waals surface area contributed by atoms with E-state index in [1.807, 2.05) is 62.4 Å². The summed E-state index contributed by atoms with van der Waals surface area (Å²) in [5, 5.41) is 0. The van der Waals surface area contributed by atoms with Crippen LogP contribution in [-0.2, 0) is 32.6 Å². The Morgan fingerprint density at radius 2 is 1.76 bits per heavy atom. The van der Waals surface area contributed by atoms with Crippen molar-refractivity contribution in [3.63, 3.8) is 0 Å². The van der Waals surface area contributed by atoms with Gasteiger partial charge in [-0.2, -0.15) is 0 Å². The monoisotopic (exact) mass is 465 g/mol. The third kappa shape index (κ3) is 6.04. The molecule has 6 nitrogen and oxygen atoms in total. The highest BCUT2D eigenvalue weighted by Gasteiger charge is 2.41. The number of amides is 2. The molecule has 0 bridgehead atoms. The van der Waals surface area contributed by atoms with E-state index >= 15 is 0 Å². The van der Waals surface area contributed by atoms with Crippen molar-refractivity contribution in [2.75, 3.05) is 6.61 Å². The molecule has 2 aromatic carbocycles. The van der Waals surface area contributed by atoms with Gasteiger partial charge < -0.3 is 9.47 Å². The van der Waals surface area contributed by atoms with Gasteiger partial charge in [0, 0.05) is 18.4 Å². The first-order chi connectivity index (χ1) is 16.0. The van der Waals surface area contributed by atoms with Gasteiger partial charge in [0.2, 0.25) is 5.91 Å². The van der Waals surface area contributed by atoms with Crippen LogP contribution < -0.4 is 4.74 Å². The number of hydrogen-bond acceptors (Lipinski definition) is 5. The maximum atomic E-state index is 13.6. The van der Waals surface area contributed by atoms with Crippen molar-refractivity contribution in [3.05, 3.63) is 65.2 Å². The molecule has 1 heterocycles. The van der Waals surface area contributed by atoms with Gasteiger partial charge in [0.15, 0.2) is 0 Å². The summed E-state index contributed by atoms with van der Waals surface area (Å²) >= 11 is 0. The van der Waals surface area contributed by atoms with Crippen LogP contribution in [0.25, 0.3) is 0 Å². The minimum Gasteiger partial charge on any atom is -0.447 e. The van der Waals surface area contributed by atoms with Crippen molar-refractivity contribution in [1.82, 2.24) is 4.90 Å². The molecule has 1 saturated heterocycles. The van der Waals surface area contributed by atoms with Crippen LogP contribution in [0, 0.1) is 11.8 Å². The van der Waals surface area contributed by atoms with Gasteiger partial charge in [-0.25, -0.2) is 9.69 Å². The molecule has 182 valence electrons. The Labute approximate surface area is 202 Å². The molecule has 2 unspecified atom stereocenters. The minimum atomic E-state index is -0.583. The molecule has 0 N–H and O–H groups in total. The first kappa shape index (κ1) is 25.5. The van der Waals surface area contributed by atoms with Crippen LogP contribution in [0.4, 0.5) is 4.79 Å². The second-order valence-corrected chi connectivity index (χ2v) is 10.4. The van der Waals surface area contributed by atoms with Crippen LogP contribution in [0.5, 0.6) is 5.75 Å². The largest absolute Gasteiger partial charge is 0.447 e. The van der Waals surface area contributed by atoms with E-state index in [4.69, 9.17) is 9.47 Å². The molecule has 1 aliphatic rings. The van der Waals surface area contributed by atoms with E-state index in [9.17, 15) is 14.4 Å². The van der Waals surface area contributed by atoms with Crippen molar-refractivity contribution >= 4 is 18.0 Å². The second kappa shape index (κ2) is 10.4. The number of nitrogens with zero attached hydrogens (tertiary/aromatic N) is 1. The van der Waals surface area contributed by atoms with Gasteiger partial charge in [-0.1, -0.05) is 77.1 Å². The highest BCUT2D eigenvalue weighted by Crippen LogP contribution is 2.34. The number of cyclic esters (lactones) is 1. The number of imide groups is 1. The lowest BCUT2D eigenvalue weighted by Crippen LogP contribution is -2.45. The molecule has 2 amide bonds. The zero-order valence-electron chi connectivity index (χ0n) is 21.0. The van der Waals surface area contributed by atoms with E-state index in [0.29, 0.717) is 18.6 Å². The third-order valence-electron chi connectivity index (χ3n) is 6.20. The van der Waals surface area contributed by atoms with Crippen LogP contribution in [0.3, 0.4) is 0 Å². The average Bonchev–Trinajstić information content (AvgIpc) is 3.10. The maximum absolute atomic E-state index is 13.6. The summed E-state index contributed by atoms with van der Waals surface area (Å²) in [6.45, 7) is 11.7. The fraction of sp³-hybridized carbons (Fsp3) is 0.464. The van der Waals surface area contributed by atoms with Crippen molar-refractivity contribution in [1.29, 1.82) is 0 Å². The van der Waals surface area contributed by atoms with E-state index < -0.39 is 12.0 Å². The zero-order chi connectivity index (χ0) is 25.0. The molecule has 0 aromatic heterocycles. The molecule has 0 radical (unpaired) electrons. The highest BCUT2D eigenvalue weighted by molar-refractivity contribution is 5.95. The van der Waals surface area contributed by atoms with E-state index in [1.165, 1.54) is 11.8 Å². The van der Waals surface area contributed by atoms with Crippen molar-refractivity contribution in [3.8, 4) is 5.75 Å². The normalized spacial score (nSPS) is 17.0. The molecule has 2 atom stereocenters. The Bertz CT molecular complexity index is 1040. The van der Waals surface area contributed by atoms with Crippen molar-refractivity contribution < 1.29 is 23.9 Å². The summed E-state index contributed by atoms with van der Waals surface area (Å²) in [7, 11) is 0. The first-order valence-corrected chi connectivity index (χ1v) is 11.8. The Balaban J connectivity index is 1.86. The zero-order valence-corrected chi connectivity index (χ0v) is 21.0. The molecular formula is C28H35NO5. The molecule has 2 aromatic rings. The van der Waals surface area contributed by atoms with Crippen LogP contribution in [0.1, 0.15) is 58.2 Å². The van der Waals surface area contributed by atoms with Crippen LogP contribution in [-0.4, -0.2) is 35.5 Å². The van der Waals surface area contributed by atoms with Gasteiger partial charge in [0.1, 0.15) is 12.4 Å². The predicted molar refractivity (Wildman–Crippen MR) is 131 cm³/mol. The van der Waals surface area contributed by atoms with Gasteiger partial charge in [-0.15, -0.1) is 0 Å². The van der Waals surface area contributed by atoms with Crippen LogP contribution >= 0.6 is 0 Å². The van der Waals surface area contributed by atoms with Gasteiger partial charge in [-0.3, -0.25) is 9.59 Å². The highest BCUT2D eigenvalue weighted by atomic mass is 16.6. The molecule has 1 fully saturated rings. The molecular weight excluding hydrogens is 430 g/mol. The second-order valence-electron chi connectivity index (χ2n) is 10.4. The average molecular weight is 466 g/mol. The van der Waals surface area contributed by atoms with Crippen molar-refractivity contribution in [2.45, 2.75) is 65.8 Å². The summed E-state index contributed by atoms with van der Waals surface area (Å²) in [6.07, 6.45) is 0.400. The van der Waals surface area contributed by atoms with Gasteiger partial charge in [-0.05, 0) is 41.4 Å². The van der Waals surface area contributed by atoms with E-state index in [-0.39, 0.29) is 35.9 Å². The third-order valence-corrected chi connectivity index (χ3v) is 6.20. The van der Waals surface area contributed by atoms with E-state index in [2.05, 4.69) is 20.8 Å². The number of carbonyl (C=O) groups excluding carboxylic acids is 3. The Morgan fingerprint density at radius 3 is 2.35 bits per heavy atom. The summed E-state index contributed by atoms with van der Waals surface area (Å²) in [4.78, 5) is 39.2. The number of carbonyl (C=O) groups is 3. The smallest absolute Gasteiger partial charge is 0.416 e. The van der Waals surface area contributed by atoms with E-state index in [0.717, 1.165) is 16.7 Å². The van der Waals surface area contributed by atoms with Crippen LogP contribution in [0.15, 0.2) is 48.5 Å². The maximum Gasteiger partial charge on any atom is 0.416 e. The van der Waals surface area contributed by atoms with Gasteiger partial charge in [0.05, 0.1) is 6.04 Å². The Hall–Kier alpha value is -3.15. The Morgan fingerprint density at radius 1 is 1.09 bits per heavy atom. The number of rotatable bonds is 7. The lowest BCUT2D eigenvalue weighted by molar-refractivity contribution is -0.135. The summed E-state index contributed by atoms with van der Waals surface area (Å²) in [5.41, 5.74) is 2.64. The lowest BCUT2D eigenvalue weighted by atomic mass is 9.83. The molecule has 34 heavy (non-hydrogen) atoms. The first-order valence-electron chi connectivity index (χ1n) is 11.8. The quantitative estimate of drug-likeness (QED) is 0.409. The molecule has 6 heteroatoms. The molecule has 0 spiro atoms. The van der Waals surface area contributed by atoms with Crippen molar-refractivity contribution in [2.24, 2.45) is 11.8 Å². The Kier molecular flexibility index (Phi) is 7.80. The lowest BCUT2D eigenvalue weighted by Gasteiger charge is -2.28. The summed E-state index contributed by atoms with van der Waals surface area (Å²) < 4.78 is 10.8. The summed E-state index contributed by atoms with van der Waals surface area (Å²) in [6, 6.07) is 15.2. The fourth-order valence-corrected chi connectivity index (χ4v) is 4.36.